The Kier molecular flexibility index (Phi) is 5.14. The number of amides is 1. The average molecular weight is 408 g/mol. The molecule has 0 saturated heterocycles. The minimum atomic E-state index is -0.323. The Morgan fingerprint density at radius 2 is 1.62 bits per heavy atom. The molecule has 0 aliphatic heterocycles. The standard InChI is InChI=1S/C23H18ClNO4/c1-27-15-9-7-14(8-10-15)22-21(17-13-16(28-2)11-12-20(17)29-22)23(26)25-19-6-4-3-5-18(19)24/h3-13H,1-2H3,(H,25,26). The number of carbonyl (C=O) groups excluding carboxylic acids is 1. The van der Waals surface area contributed by atoms with Crippen LogP contribution in [-0.2, 0) is 0 Å². The highest BCUT2D eigenvalue weighted by Gasteiger charge is 2.23. The van der Waals surface area contributed by atoms with Gasteiger partial charge in [-0.05, 0) is 54.6 Å². The van der Waals surface area contributed by atoms with Gasteiger partial charge in [0.1, 0.15) is 22.8 Å². The molecule has 0 bridgehead atoms. The SMILES string of the molecule is COc1ccc(-c2oc3ccc(OC)cc3c2C(=O)Nc2ccccc2Cl)cc1. The largest absolute Gasteiger partial charge is 0.497 e. The number of carbonyl (C=O) groups is 1. The third-order valence-corrected chi connectivity index (χ3v) is 4.93. The number of fused-ring (bicyclic) bond motifs is 1. The molecule has 0 atom stereocenters. The van der Waals surface area contributed by atoms with Gasteiger partial charge < -0.3 is 19.2 Å². The number of hydrogen-bond acceptors (Lipinski definition) is 4. The van der Waals surface area contributed by atoms with E-state index in [1.807, 2.05) is 30.3 Å². The number of rotatable bonds is 5. The maximum atomic E-state index is 13.3. The van der Waals surface area contributed by atoms with Crippen molar-refractivity contribution < 1.29 is 18.7 Å². The lowest BCUT2D eigenvalue weighted by molar-refractivity contribution is 0.102. The van der Waals surface area contributed by atoms with Crippen LogP contribution >= 0.6 is 11.6 Å². The van der Waals surface area contributed by atoms with E-state index < -0.39 is 0 Å². The molecule has 0 unspecified atom stereocenters. The van der Waals surface area contributed by atoms with E-state index in [4.69, 9.17) is 25.5 Å². The highest BCUT2D eigenvalue weighted by atomic mass is 35.5. The van der Waals surface area contributed by atoms with Gasteiger partial charge in [0.2, 0.25) is 0 Å². The van der Waals surface area contributed by atoms with Gasteiger partial charge in [-0.25, -0.2) is 0 Å². The quantitative estimate of drug-likeness (QED) is 0.439. The molecule has 5 nitrogen and oxygen atoms in total. The van der Waals surface area contributed by atoms with E-state index in [0.717, 1.165) is 5.56 Å². The molecule has 0 saturated carbocycles. The number of benzene rings is 3. The highest BCUT2D eigenvalue weighted by molar-refractivity contribution is 6.34. The highest BCUT2D eigenvalue weighted by Crippen LogP contribution is 2.37. The Balaban J connectivity index is 1.86. The van der Waals surface area contributed by atoms with E-state index in [9.17, 15) is 4.79 Å². The van der Waals surface area contributed by atoms with Gasteiger partial charge in [-0.15, -0.1) is 0 Å². The summed E-state index contributed by atoms with van der Waals surface area (Å²) >= 11 is 6.21. The number of anilines is 1. The fourth-order valence-corrected chi connectivity index (χ4v) is 3.31. The smallest absolute Gasteiger partial charge is 0.260 e. The van der Waals surface area contributed by atoms with E-state index in [1.165, 1.54) is 0 Å². The van der Waals surface area contributed by atoms with E-state index in [-0.39, 0.29) is 5.91 Å². The molecule has 0 aliphatic rings. The van der Waals surface area contributed by atoms with Gasteiger partial charge in [0.25, 0.3) is 5.91 Å². The van der Waals surface area contributed by atoms with Gasteiger partial charge in [0.15, 0.2) is 0 Å². The van der Waals surface area contributed by atoms with Crippen LogP contribution in [-0.4, -0.2) is 20.1 Å². The first-order chi connectivity index (χ1) is 14.1. The molecule has 4 rings (SSSR count). The Hall–Kier alpha value is -3.44. The molecule has 3 aromatic carbocycles. The van der Waals surface area contributed by atoms with Crippen LogP contribution < -0.4 is 14.8 Å². The van der Waals surface area contributed by atoms with Crippen molar-refractivity contribution in [2.45, 2.75) is 0 Å². The number of ether oxygens (including phenoxy) is 2. The van der Waals surface area contributed by atoms with Crippen LogP contribution in [0.3, 0.4) is 0 Å². The topological polar surface area (TPSA) is 60.7 Å². The number of methoxy groups -OCH3 is 2. The predicted molar refractivity (Wildman–Crippen MR) is 114 cm³/mol. The molecule has 0 fully saturated rings. The van der Waals surface area contributed by atoms with Crippen molar-refractivity contribution in [3.63, 3.8) is 0 Å². The zero-order valence-corrected chi connectivity index (χ0v) is 16.6. The van der Waals surface area contributed by atoms with E-state index in [1.54, 1.807) is 50.6 Å². The zero-order valence-electron chi connectivity index (χ0n) is 15.9. The Bertz CT molecular complexity index is 1180. The zero-order chi connectivity index (χ0) is 20.4. The molecule has 0 radical (unpaired) electrons. The van der Waals surface area contributed by atoms with E-state index >= 15 is 0 Å². The van der Waals surface area contributed by atoms with Gasteiger partial charge in [-0.2, -0.15) is 0 Å². The summed E-state index contributed by atoms with van der Waals surface area (Å²) in [6.07, 6.45) is 0. The average Bonchev–Trinajstić information content (AvgIpc) is 3.14. The van der Waals surface area contributed by atoms with Crippen molar-refractivity contribution in [1.29, 1.82) is 0 Å². The normalized spacial score (nSPS) is 10.7. The van der Waals surface area contributed by atoms with E-state index in [2.05, 4.69) is 5.32 Å². The van der Waals surface area contributed by atoms with Gasteiger partial charge in [0, 0.05) is 10.9 Å². The predicted octanol–water partition coefficient (Wildman–Crippen LogP) is 6.02. The second-order valence-corrected chi connectivity index (χ2v) is 6.74. The van der Waals surface area contributed by atoms with Crippen molar-refractivity contribution in [3.8, 4) is 22.8 Å². The van der Waals surface area contributed by atoms with Crippen molar-refractivity contribution in [2.75, 3.05) is 19.5 Å². The van der Waals surface area contributed by atoms with Crippen molar-refractivity contribution in [2.24, 2.45) is 0 Å². The fourth-order valence-electron chi connectivity index (χ4n) is 3.12. The third-order valence-electron chi connectivity index (χ3n) is 4.60. The number of hydrogen-bond donors (Lipinski definition) is 1. The second kappa shape index (κ2) is 7.89. The minimum Gasteiger partial charge on any atom is -0.497 e. The molecule has 4 aromatic rings. The lowest BCUT2D eigenvalue weighted by Gasteiger charge is -2.08. The maximum absolute atomic E-state index is 13.3. The first-order valence-corrected chi connectivity index (χ1v) is 9.29. The summed E-state index contributed by atoms with van der Waals surface area (Å²) in [6, 6.07) is 19.8. The summed E-state index contributed by atoms with van der Waals surface area (Å²) in [6.45, 7) is 0. The lowest BCUT2D eigenvalue weighted by atomic mass is 10.0. The lowest BCUT2D eigenvalue weighted by Crippen LogP contribution is -2.12. The van der Waals surface area contributed by atoms with Crippen molar-refractivity contribution in [1.82, 2.24) is 0 Å². The van der Waals surface area contributed by atoms with Gasteiger partial charge >= 0.3 is 0 Å². The van der Waals surface area contributed by atoms with Gasteiger partial charge in [0.05, 0.1) is 30.5 Å². The van der Waals surface area contributed by atoms with Crippen LogP contribution in [0.5, 0.6) is 11.5 Å². The van der Waals surface area contributed by atoms with Crippen LogP contribution in [0.25, 0.3) is 22.3 Å². The van der Waals surface area contributed by atoms with Crippen molar-refractivity contribution in [3.05, 3.63) is 77.3 Å². The van der Waals surface area contributed by atoms with E-state index in [0.29, 0.717) is 44.5 Å². The molecule has 1 amide bonds. The summed E-state index contributed by atoms with van der Waals surface area (Å²) < 4.78 is 16.6. The molecule has 1 heterocycles. The first kappa shape index (κ1) is 18.9. The summed E-state index contributed by atoms with van der Waals surface area (Å²) in [7, 11) is 3.18. The fraction of sp³-hybridized carbons (Fsp3) is 0.0870. The van der Waals surface area contributed by atoms with Crippen LogP contribution in [0.4, 0.5) is 5.69 Å². The summed E-state index contributed by atoms with van der Waals surface area (Å²) in [5.41, 5.74) is 2.27. The number of nitrogens with one attached hydrogen (secondary N) is 1. The summed E-state index contributed by atoms with van der Waals surface area (Å²) in [5.74, 6) is 1.48. The van der Waals surface area contributed by atoms with Crippen LogP contribution in [0, 0.1) is 0 Å². The molecule has 1 N–H and O–H groups in total. The number of furan rings is 1. The van der Waals surface area contributed by atoms with Crippen LogP contribution in [0.1, 0.15) is 10.4 Å². The van der Waals surface area contributed by atoms with Gasteiger partial charge in [-0.1, -0.05) is 23.7 Å². The number of para-hydroxylation sites is 1. The molecular formula is C23H18ClNO4. The maximum Gasteiger partial charge on any atom is 0.260 e. The molecular weight excluding hydrogens is 390 g/mol. The monoisotopic (exact) mass is 407 g/mol. The Morgan fingerprint density at radius 1 is 0.931 bits per heavy atom. The number of halogens is 1. The third kappa shape index (κ3) is 3.65. The summed E-state index contributed by atoms with van der Waals surface area (Å²) in [5, 5.41) is 3.99. The second-order valence-electron chi connectivity index (χ2n) is 6.33. The van der Waals surface area contributed by atoms with Crippen molar-refractivity contribution >= 4 is 34.2 Å². The first-order valence-electron chi connectivity index (χ1n) is 8.91. The molecule has 1 aromatic heterocycles. The molecule has 29 heavy (non-hydrogen) atoms. The summed E-state index contributed by atoms with van der Waals surface area (Å²) in [4.78, 5) is 13.3. The Morgan fingerprint density at radius 3 is 2.31 bits per heavy atom. The van der Waals surface area contributed by atoms with Gasteiger partial charge in [-0.3, -0.25) is 4.79 Å². The van der Waals surface area contributed by atoms with Crippen LogP contribution in [0.15, 0.2) is 71.1 Å². The Labute approximate surface area is 172 Å². The molecule has 6 heteroatoms. The molecule has 0 spiro atoms. The van der Waals surface area contributed by atoms with Crippen LogP contribution in [0.2, 0.25) is 5.02 Å². The molecule has 146 valence electrons. The minimum absolute atomic E-state index is 0.323. The molecule has 0 aliphatic carbocycles.